The van der Waals surface area contributed by atoms with E-state index in [1.807, 2.05) is 0 Å². The maximum Gasteiger partial charge on any atom is 0.230 e. The topological polar surface area (TPSA) is 98.0 Å². The number of anilines is 2. The van der Waals surface area contributed by atoms with E-state index in [9.17, 15) is 8.42 Å². The second-order valence-corrected chi connectivity index (χ2v) is 5.69. The van der Waals surface area contributed by atoms with Gasteiger partial charge in [-0.3, -0.25) is 4.72 Å². The van der Waals surface area contributed by atoms with Gasteiger partial charge in [0.05, 0.1) is 11.9 Å². The van der Waals surface area contributed by atoms with Crippen molar-refractivity contribution >= 4 is 21.8 Å². The number of fused-ring (bicyclic) bond motifs is 1. The van der Waals surface area contributed by atoms with Crippen molar-refractivity contribution in [3.8, 4) is 0 Å². The van der Waals surface area contributed by atoms with Gasteiger partial charge in [0.25, 0.3) is 0 Å². The molecule has 1 aromatic heterocycles. The van der Waals surface area contributed by atoms with Gasteiger partial charge in [0, 0.05) is 5.56 Å². The number of nitrogens with one attached hydrogen (secondary N) is 1. The molecule has 0 saturated heterocycles. The molecule has 3 N–H and O–H groups in total. The predicted octanol–water partition coefficient (Wildman–Crippen LogP) is 0.309. The van der Waals surface area contributed by atoms with Crippen LogP contribution in [0.25, 0.3) is 0 Å². The Labute approximate surface area is 94.3 Å². The van der Waals surface area contributed by atoms with Crippen molar-refractivity contribution in [3.05, 3.63) is 11.3 Å². The van der Waals surface area contributed by atoms with E-state index in [0.717, 1.165) is 43.2 Å². The van der Waals surface area contributed by atoms with Gasteiger partial charge in [-0.1, -0.05) is 0 Å². The molecule has 1 heterocycles. The van der Waals surface area contributed by atoms with Crippen LogP contribution < -0.4 is 10.5 Å². The highest BCUT2D eigenvalue weighted by atomic mass is 32.2. The highest BCUT2D eigenvalue weighted by Crippen LogP contribution is 2.26. The molecule has 16 heavy (non-hydrogen) atoms. The Bertz CT molecular complexity index is 512. The first-order chi connectivity index (χ1) is 7.46. The minimum absolute atomic E-state index is 0.117. The smallest absolute Gasteiger partial charge is 0.230 e. The molecule has 2 rings (SSSR count). The summed E-state index contributed by atoms with van der Waals surface area (Å²) in [6, 6.07) is 0. The van der Waals surface area contributed by atoms with E-state index in [-0.39, 0.29) is 5.95 Å². The van der Waals surface area contributed by atoms with Gasteiger partial charge in [-0.15, -0.1) is 0 Å². The fourth-order valence-electron chi connectivity index (χ4n) is 1.87. The molecule has 0 saturated carbocycles. The van der Waals surface area contributed by atoms with Crippen molar-refractivity contribution in [3.63, 3.8) is 0 Å². The van der Waals surface area contributed by atoms with Gasteiger partial charge in [-0.05, 0) is 25.7 Å². The Morgan fingerprint density at radius 2 is 1.94 bits per heavy atom. The molecule has 0 atom stereocenters. The molecule has 0 radical (unpaired) electrons. The maximum atomic E-state index is 11.2. The van der Waals surface area contributed by atoms with Gasteiger partial charge < -0.3 is 5.73 Å². The maximum absolute atomic E-state index is 11.2. The van der Waals surface area contributed by atoms with Crippen molar-refractivity contribution in [1.29, 1.82) is 0 Å². The predicted molar refractivity (Wildman–Crippen MR) is 61.6 cm³/mol. The fourth-order valence-corrected chi connectivity index (χ4v) is 2.39. The summed E-state index contributed by atoms with van der Waals surface area (Å²) in [5, 5.41) is 0. The lowest BCUT2D eigenvalue weighted by Crippen LogP contribution is -2.18. The van der Waals surface area contributed by atoms with Crippen LogP contribution in [0.4, 0.5) is 11.8 Å². The highest BCUT2D eigenvalue weighted by Gasteiger charge is 2.18. The van der Waals surface area contributed by atoms with Crippen molar-refractivity contribution < 1.29 is 8.42 Å². The lowest BCUT2D eigenvalue weighted by atomic mass is 9.97. The van der Waals surface area contributed by atoms with Gasteiger partial charge in [-0.2, -0.15) is 4.98 Å². The van der Waals surface area contributed by atoms with Gasteiger partial charge in [0.1, 0.15) is 5.82 Å². The van der Waals surface area contributed by atoms with Crippen LogP contribution in [0.2, 0.25) is 0 Å². The number of nitrogens with two attached hydrogens (primary N) is 1. The molecule has 0 aliphatic heterocycles. The van der Waals surface area contributed by atoms with Crippen LogP contribution in [0.5, 0.6) is 0 Å². The van der Waals surface area contributed by atoms with Crippen LogP contribution in [-0.4, -0.2) is 24.6 Å². The van der Waals surface area contributed by atoms with Crippen molar-refractivity contribution in [2.24, 2.45) is 0 Å². The van der Waals surface area contributed by atoms with Crippen LogP contribution >= 0.6 is 0 Å². The molecule has 0 bridgehead atoms. The van der Waals surface area contributed by atoms with Gasteiger partial charge in [-0.25, -0.2) is 13.4 Å². The van der Waals surface area contributed by atoms with Crippen LogP contribution in [0.1, 0.15) is 24.1 Å². The molecule has 1 aliphatic carbocycles. The number of hydrogen-bond donors (Lipinski definition) is 2. The average molecular weight is 242 g/mol. The number of sulfonamides is 1. The summed E-state index contributed by atoms with van der Waals surface area (Å²) >= 11 is 0. The summed E-state index contributed by atoms with van der Waals surface area (Å²) < 4.78 is 24.8. The Kier molecular flexibility index (Phi) is 2.71. The number of hydrogen-bond acceptors (Lipinski definition) is 5. The largest absolute Gasteiger partial charge is 0.368 e. The molecule has 0 amide bonds. The van der Waals surface area contributed by atoms with Crippen LogP contribution in [0.15, 0.2) is 0 Å². The van der Waals surface area contributed by atoms with E-state index in [2.05, 4.69) is 14.7 Å². The Balaban J connectivity index is 2.47. The molecule has 1 aliphatic rings. The van der Waals surface area contributed by atoms with E-state index >= 15 is 0 Å². The first kappa shape index (κ1) is 11.1. The average Bonchev–Trinajstić information content (AvgIpc) is 2.14. The number of rotatable bonds is 2. The Hall–Kier alpha value is -1.37. The first-order valence-electron chi connectivity index (χ1n) is 5.09. The van der Waals surface area contributed by atoms with Crippen LogP contribution in [-0.2, 0) is 22.9 Å². The standard InChI is InChI=1S/C9H14N4O2S/c1-16(14,15)13-8-6-4-2-3-5-7(6)11-9(10)12-8/h2-5H2,1H3,(H3,10,11,12,13). The zero-order valence-corrected chi connectivity index (χ0v) is 9.84. The molecule has 1 aromatic rings. The van der Waals surface area contributed by atoms with E-state index in [1.165, 1.54) is 0 Å². The normalized spacial score (nSPS) is 15.6. The van der Waals surface area contributed by atoms with E-state index in [4.69, 9.17) is 5.73 Å². The van der Waals surface area contributed by atoms with E-state index in [1.54, 1.807) is 0 Å². The van der Waals surface area contributed by atoms with Crippen molar-refractivity contribution in [2.75, 3.05) is 16.7 Å². The SMILES string of the molecule is CS(=O)(=O)Nc1nc(N)nc2c1CCCC2. The molecular weight excluding hydrogens is 228 g/mol. The molecule has 7 heteroatoms. The first-order valence-corrected chi connectivity index (χ1v) is 6.98. The highest BCUT2D eigenvalue weighted by molar-refractivity contribution is 7.92. The molecule has 0 unspecified atom stereocenters. The summed E-state index contributed by atoms with van der Waals surface area (Å²) in [7, 11) is -3.32. The third-order valence-corrected chi connectivity index (χ3v) is 3.05. The second kappa shape index (κ2) is 3.89. The summed E-state index contributed by atoms with van der Waals surface area (Å²) in [5.41, 5.74) is 7.29. The summed E-state index contributed by atoms with van der Waals surface area (Å²) in [4.78, 5) is 8.08. The summed E-state index contributed by atoms with van der Waals surface area (Å²) in [5.74, 6) is 0.455. The Morgan fingerprint density at radius 3 is 2.62 bits per heavy atom. The number of aromatic nitrogens is 2. The molecule has 0 aromatic carbocycles. The van der Waals surface area contributed by atoms with Gasteiger partial charge in [0.15, 0.2) is 0 Å². The third kappa shape index (κ3) is 2.41. The lowest BCUT2D eigenvalue weighted by molar-refractivity contribution is 0.606. The van der Waals surface area contributed by atoms with Gasteiger partial charge >= 0.3 is 0 Å². The lowest BCUT2D eigenvalue weighted by Gasteiger charge is -2.18. The minimum Gasteiger partial charge on any atom is -0.368 e. The van der Waals surface area contributed by atoms with Crippen LogP contribution in [0.3, 0.4) is 0 Å². The van der Waals surface area contributed by atoms with Crippen LogP contribution in [0, 0.1) is 0 Å². The monoisotopic (exact) mass is 242 g/mol. The molecule has 0 fully saturated rings. The zero-order chi connectivity index (χ0) is 11.8. The van der Waals surface area contributed by atoms with Gasteiger partial charge in [0.2, 0.25) is 16.0 Å². The van der Waals surface area contributed by atoms with Crippen molar-refractivity contribution in [2.45, 2.75) is 25.7 Å². The Morgan fingerprint density at radius 1 is 1.25 bits per heavy atom. The van der Waals surface area contributed by atoms with Crippen molar-refractivity contribution in [1.82, 2.24) is 9.97 Å². The number of aryl methyl sites for hydroxylation is 1. The zero-order valence-electron chi connectivity index (χ0n) is 9.02. The second-order valence-electron chi connectivity index (χ2n) is 3.94. The number of nitrogens with zero attached hydrogens (tertiary/aromatic N) is 2. The van der Waals surface area contributed by atoms with E-state index < -0.39 is 10.0 Å². The minimum atomic E-state index is -3.32. The summed E-state index contributed by atoms with van der Waals surface area (Å²) in [6.07, 6.45) is 4.81. The third-order valence-electron chi connectivity index (χ3n) is 2.48. The fraction of sp³-hybridized carbons (Fsp3) is 0.556. The number of nitrogen functional groups attached to an aromatic ring is 1. The van der Waals surface area contributed by atoms with E-state index in [0.29, 0.717) is 5.82 Å². The molecule has 0 spiro atoms. The quantitative estimate of drug-likeness (QED) is 0.777. The molecular formula is C9H14N4O2S. The molecule has 6 nitrogen and oxygen atoms in total. The summed E-state index contributed by atoms with van der Waals surface area (Å²) in [6.45, 7) is 0. The molecule has 88 valence electrons.